The number of benzene rings is 2. The molecule has 2 aromatic carbocycles. The zero-order chi connectivity index (χ0) is 17.4. The summed E-state index contributed by atoms with van der Waals surface area (Å²) in [6, 6.07) is 12.8. The van der Waals surface area contributed by atoms with E-state index in [4.69, 9.17) is 4.74 Å². The highest BCUT2D eigenvalue weighted by atomic mass is 16.5. The molecule has 7 heteroatoms. The molecule has 0 aromatic heterocycles. The van der Waals surface area contributed by atoms with Crippen molar-refractivity contribution in [2.75, 3.05) is 13.7 Å². The van der Waals surface area contributed by atoms with E-state index >= 15 is 0 Å². The fraction of sp³-hybridized carbons (Fsp3) is 0.118. The first-order valence-electron chi connectivity index (χ1n) is 7.01. The van der Waals surface area contributed by atoms with Crippen LogP contribution in [0.3, 0.4) is 0 Å². The van der Waals surface area contributed by atoms with Crippen molar-refractivity contribution in [3.8, 4) is 11.5 Å². The highest BCUT2D eigenvalue weighted by Crippen LogP contribution is 2.13. The number of phenols is 1. The van der Waals surface area contributed by atoms with Crippen LogP contribution in [0.1, 0.15) is 15.9 Å². The number of rotatable bonds is 6. The van der Waals surface area contributed by atoms with Gasteiger partial charge in [-0.2, -0.15) is 5.10 Å². The fourth-order valence-corrected chi connectivity index (χ4v) is 1.76. The summed E-state index contributed by atoms with van der Waals surface area (Å²) in [4.78, 5) is 22.9. The van der Waals surface area contributed by atoms with Crippen LogP contribution in [-0.4, -0.2) is 36.9 Å². The molecule has 0 spiro atoms. The number of hydrogen-bond donors (Lipinski definition) is 2. The van der Waals surface area contributed by atoms with E-state index in [0.29, 0.717) is 16.9 Å². The summed E-state index contributed by atoms with van der Waals surface area (Å²) in [5.74, 6) is -0.406. The number of nitrogens with one attached hydrogen (secondary N) is 1. The lowest BCUT2D eigenvalue weighted by atomic mass is 10.2. The van der Waals surface area contributed by atoms with E-state index in [0.717, 1.165) is 0 Å². The van der Waals surface area contributed by atoms with Crippen LogP contribution in [-0.2, 0) is 9.53 Å². The summed E-state index contributed by atoms with van der Waals surface area (Å²) in [5, 5.41) is 13.3. The normalized spacial score (nSPS) is 10.4. The van der Waals surface area contributed by atoms with Gasteiger partial charge in [0.1, 0.15) is 11.5 Å². The third kappa shape index (κ3) is 4.84. The van der Waals surface area contributed by atoms with Crippen molar-refractivity contribution >= 4 is 18.1 Å². The maximum Gasteiger partial charge on any atom is 0.337 e. The first kappa shape index (κ1) is 17.0. The van der Waals surface area contributed by atoms with E-state index in [1.165, 1.54) is 31.5 Å². The van der Waals surface area contributed by atoms with Crippen LogP contribution in [0.4, 0.5) is 0 Å². The van der Waals surface area contributed by atoms with Crippen LogP contribution >= 0.6 is 0 Å². The van der Waals surface area contributed by atoms with E-state index in [9.17, 15) is 14.7 Å². The number of hydrogen-bond acceptors (Lipinski definition) is 6. The number of hydrazone groups is 1. The van der Waals surface area contributed by atoms with Gasteiger partial charge in [0.15, 0.2) is 6.61 Å². The summed E-state index contributed by atoms with van der Waals surface area (Å²) < 4.78 is 9.86. The zero-order valence-electron chi connectivity index (χ0n) is 12.9. The minimum atomic E-state index is -0.460. The SMILES string of the molecule is COC(=O)c1ccc(OCC(=O)N/N=C/c2ccccc2O)cc1. The van der Waals surface area contributed by atoms with E-state index < -0.39 is 11.9 Å². The third-order valence-electron chi connectivity index (χ3n) is 2.97. The lowest BCUT2D eigenvalue weighted by Gasteiger charge is -2.05. The topological polar surface area (TPSA) is 97.2 Å². The van der Waals surface area contributed by atoms with Gasteiger partial charge >= 0.3 is 5.97 Å². The summed E-state index contributed by atoms with van der Waals surface area (Å²) in [6.07, 6.45) is 1.33. The number of nitrogens with zero attached hydrogens (tertiary/aromatic N) is 1. The highest BCUT2D eigenvalue weighted by molar-refractivity contribution is 5.89. The maximum absolute atomic E-state index is 11.6. The van der Waals surface area contributed by atoms with Gasteiger partial charge in [-0.25, -0.2) is 10.2 Å². The average Bonchev–Trinajstić information content (AvgIpc) is 2.61. The van der Waals surface area contributed by atoms with Crippen LogP contribution in [0.15, 0.2) is 53.6 Å². The van der Waals surface area contributed by atoms with Gasteiger partial charge in [-0.15, -0.1) is 0 Å². The molecular weight excluding hydrogens is 312 g/mol. The molecule has 2 rings (SSSR count). The summed E-state index contributed by atoms with van der Waals surface area (Å²) in [6.45, 7) is -0.240. The van der Waals surface area contributed by atoms with Crippen molar-refractivity contribution in [3.63, 3.8) is 0 Å². The molecule has 7 nitrogen and oxygen atoms in total. The molecule has 0 saturated heterocycles. The maximum atomic E-state index is 11.6. The van der Waals surface area contributed by atoms with Gasteiger partial charge in [0.2, 0.25) is 0 Å². The van der Waals surface area contributed by atoms with Crippen molar-refractivity contribution in [1.29, 1.82) is 0 Å². The summed E-state index contributed by atoms with van der Waals surface area (Å²) >= 11 is 0. The molecule has 124 valence electrons. The molecule has 0 heterocycles. The Labute approximate surface area is 138 Å². The number of methoxy groups -OCH3 is 1. The van der Waals surface area contributed by atoms with E-state index in [1.807, 2.05) is 0 Å². The van der Waals surface area contributed by atoms with Crippen molar-refractivity contribution in [2.24, 2.45) is 5.10 Å². The molecule has 0 unspecified atom stereocenters. The Hall–Kier alpha value is -3.35. The van der Waals surface area contributed by atoms with Crippen LogP contribution < -0.4 is 10.2 Å². The minimum Gasteiger partial charge on any atom is -0.507 e. The van der Waals surface area contributed by atoms with Gasteiger partial charge in [0.25, 0.3) is 5.91 Å². The Balaban J connectivity index is 1.81. The average molecular weight is 328 g/mol. The largest absolute Gasteiger partial charge is 0.507 e. The van der Waals surface area contributed by atoms with Gasteiger partial charge in [-0.1, -0.05) is 12.1 Å². The predicted octanol–water partition coefficient (Wildman–Crippen LogP) is 1.71. The number of aromatic hydroxyl groups is 1. The van der Waals surface area contributed by atoms with Crippen LogP contribution in [0.5, 0.6) is 11.5 Å². The third-order valence-corrected chi connectivity index (χ3v) is 2.97. The minimum absolute atomic E-state index is 0.0671. The molecule has 2 aromatic rings. The molecule has 0 fully saturated rings. The standard InChI is InChI=1S/C17H16N2O5/c1-23-17(22)12-6-8-14(9-7-12)24-11-16(21)19-18-10-13-4-2-3-5-15(13)20/h2-10,20H,11H2,1H3,(H,19,21)/b18-10+. The van der Waals surface area contributed by atoms with Gasteiger partial charge in [-0.3, -0.25) is 4.79 Å². The smallest absolute Gasteiger partial charge is 0.337 e. The van der Waals surface area contributed by atoms with Gasteiger partial charge < -0.3 is 14.6 Å². The van der Waals surface area contributed by atoms with Crippen molar-refractivity contribution in [2.45, 2.75) is 0 Å². The zero-order valence-corrected chi connectivity index (χ0v) is 12.9. The van der Waals surface area contributed by atoms with E-state index in [-0.39, 0.29) is 12.4 Å². The first-order chi connectivity index (χ1) is 11.6. The monoisotopic (exact) mass is 328 g/mol. The molecule has 0 aliphatic carbocycles. The Bertz CT molecular complexity index is 741. The molecule has 2 N–H and O–H groups in total. The fourth-order valence-electron chi connectivity index (χ4n) is 1.76. The second-order valence-corrected chi connectivity index (χ2v) is 4.66. The number of esters is 1. The second-order valence-electron chi connectivity index (χ2n) is 4.66. The number of carbonyl (C=O) groups excluding carboxylic acids is 2. The number of carbonyl (C=O) groups is 2. The highest BCUT2D eigenvalue weighted by Gasteiger charge is 2.06. The summed E-state index contributed by atoms with van der Waals surface area (Å²) in [7, 11) is 1.30. The van der Waals surface area contributed by atoms with Crippen molar-refractivity contribution in [1.82, 2.24) is 5.43 Å². The van der Waals surface area contributed by atoms with Crippen molar-refractivity contribution < 1.29 is 24.2 Å². The lowest BCUT2D eigenvalue weighted by molar-refractivity contribution is -0.123. The van der Waals surface area contributed by atoms with Gasteiger partial charge in [0.05, 0.1) is 18.9 Å². The lowest BCUT2D eigenvalue weighted by Crippen LogP contribution is -2.24. The second kappa shape index (κ2) is 8.33. The first-order valence-corrected chi connectivity index (χ1v) is 7.01. The Morgan fingerprint density at radius 2 is 1.88 bits per heavy atom. The molecule has 0 aliphatic heterocycles. The number of ether oxygens (including phenoxy) is 2. The quantitative estimate of drug-likeness (QED) is 0.478. The predicted molar refractivity (Wildman–Crippen MR) is 87.1 cm³/mol. The van der Waals surface area contributed by atoms with Crippen LogP contribution in [0, 0.1) is 0 Å². The van der Waals surface area contributed by atoms with Gasteiger partial charge in [-0.05, 0) is 36.4 Å². The number of phenolic OH excluding ortho intramolecular Hbond substituents is 1. The van der Waals surface area contributed by atoms with Crippen molar-refractivity contribution in [3.05, 3.63) is 59.7 Å². The van der Waals surface area contributed by atoms with Gasteiger partial charge in [0, 0.05) is 5.56 Å². The number of para-hydroxylation sites is 1. The molecule has 0 aliphatic rings. The van der Waals surface area contributed by atoms with Crippen LogP contribution in [0.25, 0.3) is 0 Å². The molecule has 1 amide bonds. The molecular formula is C17H16N2O5. The number of amides is 1. The molecule has 0 bridgehead atoms. The Morgan fingerprint density at radius 3 is 2.54 bits per heavy atom. The molecule has 0 saturated carbocycles. The van der Waals surface area contributed by atoms with E-state index in [1.54, 1.807) is 30.3 Å². The Morgan fingerprint density at radius 1 is 1.17 bits per heavy atom. The van der Waals surface area contributed by atoms with Crippen LogP contribution in [0.2, 0.25) is 0 Å². The molecule has 0 radical (unpaired) electrons. The van der Waals surface area contributed by atoms with E-state index in [2.05, 4.69) is 15.3 Å². The summed E-state index contributed by atoms with van der Waals surface area (Å²) in [5.41, 5.74) is 3.16. The molecule has 0 atom stereocenters. The molecule has 24 heavy (non-hydrogen) atoms. The Kier molecular flexibility index (Phi) is 5.90.